The van der Waals surface area contributed by atoms with Crippen molar-refractivity contribution in [2.45, 2.75) is 0 Å². The Hall–Kier alpha value is 0.860. The molecule has 0 bridgehead atoms. The first kappa shape index (κ1) is 5.01. The molecule has 0 aromatic heterocycles. The zero-order chi connectivity index (χ0) is 4.41. The molecular weight excluding hydrogens is 110 g/mol. The van der Waals surface area contributed by atoms with E-state index in [2.05, 4.69) is 6.66 Å². The molecule has 6 heavy (non-hydrogen) atoms. The molecule has 0 spiro atoms. The fourth-order valence-electron chi connectivity index (χ4n) is 0.619. The summed E-state index contributed by atoms with van der Waals surface area (Å²) in [5.74, 6) is 1.58. The summed E-state index contributed by atoms with van der Waals surface area (Å²) in [6.45, 7) is 2.41. The van der Waals surface area contributed by atoms with E-state index in [1.807, 2.05) is 0 Å². The van der Waals surface area contributed by atoms with E-state index in [9.17, 15) is 0 Å². The van der Waals surface area contributed by atoms with Crippen molar-refractivity contribution in [3.63, 3.8) is 0 Å². The molecule has 0 aliphatic carbocycles. The molecule has 0 nitrogen and oxygen atoms in total. The van der Waals surface area contributed by atoms with Crippen LogP contribution in [0.4, 0.5) is 0 Å². The average Bonchev–Trinajstić information content (AvgIpc) is 1.86. The Kier molecular flexibility index (Phi) is 1.87. The second-order valence-electron chi connectivity index (χ2n) is 1.74. The van der Waals surface area contributed by atoms with Gasteiger partial charge in [-0.05, 0) is 24.9 Å². The van der Waals surface area contributed by atoms with Gasteiger partial charge in [-0.1, -0.05) is 0 Å². The summed E-state index contributed by atoms with van der Waals surface area (Å²) in [6.07, 6.45) is 3.11. The van der Waals surface area contributed by atoms with Gasteiger partial charge in [0.1, 0.15) is 0 Å². The highest BCUT2D eigenvalue weighted by Crippen LogP contribution is 2.45. The summed E-state index contributed by atoms with van der Waals surface area (Å²) < 4.78 is 0. The third kappa shape index (κ3) is 1.17. The Morgan fingerprint density at radius 2 is 2.50 bits per heavy atom. The summed E-state index contributed by atoms with van der Waals surface area (Å²) in [6, 6.07) is 0. The van der Waals surface area contributed by atoms with E-state index in [-0.39, 0.29) is 0 Å². The molecular formula is C4H10P2. The van der Waals surface area contributed by atoms with Crippen molar-refractivity contribution in [3.05, 3.63) is 0 Å². The van der Waals surface area contributed by atoms with Gasteiger partial charge in [0.15, 0.2) is 0 Å². The minimum absolute atomic E-state index is 0.547. The minimum Gasteiger partial charge on any atom is -0.117 e. The molecule has 0 aromatic rings. The van der Waals surface area contributed by atoms with Gasteiger partial charge < -0.3 is 0 Å². The van der Waals surface area contributed by atoms with Crippen molar-refractivity contribution in [3.8, 4) is 0 Å². The van der Waals surface area contributed by atoms with Gasteiger partial charge >= 0.3 is 0 Å². The zero-order valence-corrected chi connectivity index (χ0v) is 5.96. The predicted molar refractivity (Wildman–Crippen MR) is 35.8 cm³/mol. The van der Waals surface area contributed by atoms with Gasteiger partial charge in [-0.15, -0.1) is 16.5 Å². The van der Waals surface area contributed by atoms with Gasteiger partial charge in [0.05, 0.1) is 0 Å². The van der Waals surface area contributed by atoms with Crippen molar-refractivity contribution in [1.29, 1.82) is 0 Å². The molecule has 1 heterocycles. The molecule has 1 saturated heterocycles. The van der Waals surface area contributed by atoms with Crippen molar-refractivity contribution in [2.75, 3.05) is 24.9 Å². The van der Waals surface area contributed by atoms with Gasteiger partial charge in [-0.3, -0.25) is 0 Å². The minimum atomic E-state index is 0.547. The van der Waals surface area contributed by atoms with Gasteiger partial charge in [-0.2, -0.15) is 0 Å². The van der Waals surface area contributed by atoms with Crippen LogP contribution in [0.15, 0.2) is 0 Å². The Morgan fingerprint density at radius 3 is 2.67 bits per heavy atom. The Bertz CT molecular complexity index is 38.8. The predicted octanol–water partition coefficient (Wildman–Crippen LogP) is 1.75. The molecule has 36 valence electrons. The topological polar surface area (TPSA) is 0 Å². The van der Waals surface area contributed by atoms with Gasteiger partial charge in [-0.25, -0.2) is 0 Å². The second-order valence-corrected chi connectivity index (χ2v) is 6.16. The molecule has 1 aliphatic heterocycles. The van der Waals surface area contributed by atoms with E-state index in [1.165, 1.54) is 8.58 Å². The summed E-state index contributed by atoms with van der Waals surface area (Å²) >= 11 is 0. The quantitative estimate of drug-likeness (QED) is 0.427. The lowest BCUT2D eigenvalue weighted by atomic mass is 11.0. The molecule has 0 radical (unpaired) electrons. The first-order valence-electron chi connectivity index (χ1n) is 2.29. The molecule has 2 heteroatoms. The number of hydrogen-bond acceptors (Lipinski definition) is 0. The largest absolute Gasteiger partial charge is 0.117 e. The summed E-state index contributed by atoms with van der Waals surface area (Å²) in [7, 11) is 1.87. The fraction of sp³-hybridized carbons (Fsp3) is 1.00. The van der Waals surface area contributed by atoms with Crippen LogP contribution in [0, 0.1) is 0 Å². The molecule has 0 N–H and O–H groups in total. The van der Waals surface area contributed by atoms with E-state index in [0.29, 0.717) is 7.92 Å². The fourth-order valence-corrected chi connectivity index (χ4v) is 5.57. The summed E-state index contributed by atoms with van der Waals surface area (Å²) in [4.78, 5) is 0. The van der Waals surface area contributed by atoms with Crippen LogP contribution < -0.4 is 0 Å². The number of hydrogen-bond donors (Lipinski definition) is 0. The van der Waals surface area contributed by atoms with E-state index >= 15 is 0 Å². The monoisotopic (exact) mass is 120 g/mol. The Balaban J connectivity index is 2.18. The van der Waals surface area contributed by atoms with Gasteiger partial charge in [0.2, 0.25) is 0 Å². The molecule has 1 fully saturated rings. The molecule has 1 aliphatic rings. The first-order valence-corrected chi connectivity index (χ1v) is 5.86. The van der Waals surface area contributed by atoms with Crippen LogP contribution in [0.3, 0.4) is 0 Å². The Labute approximate surface area is 42.2 Å². The van der Waals surface area contributed by atoms with Gasteiger partial charge in [0.25, 0.3) is 0 Å². The van der Waals surface area contributed by atoms with Crippen LogP contribution >= 0.6 is 16.5 Å². The van der Waals surface area contributed by atoms with E-state index in [4.69, 9.17) is 0 Å². The van der Waals surface area contributed by atoms with Crippen molar-refractivity contribution in [1.82, 2.24) is 0 Å². The third-order valence-corrected chi connectivity index (χ3v) is 6.12. The first-order chi connectivity index (χ1) is 2.89. The van der Waals surface area contributed by atoms with Crippen LogP contribution in [-0.2, 0) is 0 Å². The van der Waals surface area contributed by atoms with Crippen LogP contribution in [0.25, 0.3) is 0 Å². The lowest BCUT2D eigenvalue weighted by molar-refractivity contribution is 1.55. The van der Waals surface area contributed by atoms with E-state index < -0.39 is 0 Å². The molecule has 2 unspecified atom stereocenters. The van der Waals surface area contributed by atoms with E-state index in [1.54, 1.807) is 18.2 Å². The van der Waals surface area contributed by atoms with Crippen molar-refractivity contribution in [2.24, 2.45) is 0 Å². The van der Waals surface area contributed by atoms with Gasteiger partial charge in [0, 0.05) is 0 Å². The highest BCUT2D eigenvalue weighted by Gasteiger charge is 2.06. The van der Waals surface area contributed by atoms with Crippen molar-refractivity contribution >= 4 is 16.5 Å². The van der Waals surface area contributed by atoms with Crippen LogP contribution in [-0.4, -0.2) is 24.9 Å². The van der Waals surface area contributed by atoms with Crippen LogP contribution in [0.1, 0.15) is 0 Å². The molecule has 0 saturated carbocycles. The SMILES string of the molecule is CP1CCPC1. The summed E-state index contributed by atoms with van der Waals surface area (Å²) in [5.41, 5.74) is 0. The molecule has 0 amide bonds. The highest BCUT2D eigenvalue weighted by molar-refractivity contribution is 7.70. The van der Waals surface area contributed by atoms with Crippen LogP contribution in [0.2, 0.25) is 0 Å². The summed E-state index contributed by atoms with van der Waals surface area (Å²) in [5, 5.41) is 0. The highest BCUT2D eigenvalue weighted by atomic mass is 31.2. The lowest BCUT2D eigenvalue weighted by Crippen LogP contribution is -1.70. The molecule has 0 aromatic carbocycles. The second kappa shape index (κ2) is 2.24. The third-order valence-electron chi connectivity index (χ3n) is 1.05. The molecule has 2 atom stereocenters. The number of rotatable bonds is 0. The average molecular weight is 120 g/mol. The standard InChI is InChI=1S/C4H10P2/c1-6-3-2-5-4-6/h5H,2-4H2,1H3. The van der Waals surface area contributed by atoms with E-state index in [0.717, 1.165) is 0 Å². The maximum absolute atomic E-state index is 2.41. The lowest BCUT2D eigenvalue weighted by Gasteiger charge is -1.92. The normalized spacial score (nSPS) is 38.5. The molecule has 1 rings (SSSR count). The zero-order valence-electron chi connectivity index (χ0n) is 4.07. The van der Waals surface area contributed by atoms with Crippen molar-refractivity contribution < 1.29 is 0 Å². The maximum atomic E-state index is 2.41. The Morgan fingerprint density at radius 1 is 1.67 bits per heavy atom. The van der Waals surface area contributed by atoms with Crippen LogP contribution in [0.5, 0.6) is 0 Å². The maximum Gasteiger partial charge on any atom is -0.0150 e. The smallest absolute Gasteiger partial charge is 0.0150 e.